The number of carboxylic acid groups (broad SMARTS) is 1. The Morgan fingerprint density at radius 2 is 1.83 bits per heavy atom. The lowest BCUT2D eigenvalue weighted by atomic mass is 9.98. The summed E-state index contributed by atoms with van der Waals surface area (Å²) in [6, 6.07) is 11.9. The molecule has 11 heteroatoms. The fraction of sp³-hybridized carbons (Fsp3) is 0.355. The van der Waals surface area contributed by atoms with Crippen molar-refractivity contribution in [3.05, 3.63) is 80.7 Å². The zero-order valence-electron chi connectivity index (χ0n) is 24.1. The number of pyridine rings is 1. The molecular weight excluding hydrogens is 558 g/mol. The number of anilines is 1. The maximum atomic E-state index is 13.5. The van der Waals surface area contributed by atoms with Crippen LogP contribution in [0.4, 0.5) is 5.69 Å². The second-order valence-corrected chi connectivity index (χ2v) is 10.8. The molecule has 0 spiro atoms. The van der Waals surface area contributed by atoms with Gasteiger partial charge < -0.3 is 20.1 Å². The van der Waals surface area contributed by atoms with Gasteiger partial charge in [0, 0.05) is 60.1 Å². The highest BCUT2D eigenvalue weighted by Crippen LogP contribution is 2.34. The van der Waals surface area contributed by atoms with Gasteiger partial charge in [-0.25, -0.2) is 4.79 Å². The van der Waals surface area contributed by atoms with Crippen LogP contribution in [0.15, 0.2) is 53.5 Å². The molecular formula is C31H34ClN5O5. The second-order valence-electron chi connectivity index (χ2n) is 10.3. The number of carbonyl (C=O) groups excluding carboxylic acids is 1. The molecule has 4 rings (SSSR count). The molecule has 3 aromatic rings. The first-order chi connectivity index (χ1) is 20.1. The molecule has 1 fully saturated rings. The van der Waals surface area contributed by atoms with Gasteiger partial charge in [0.05, 0.1) is 30.5 Å². The molecule has 10 nitrogen and oxygen atoms in total. The van der Waals surface area contributed by atoms with E-state index in [0.29, 0.717) is 45.1 Å². The third kappa shape index (κ3) is 6.49. The maximum absolute atomic E-state index is 13.5. The van der Waals surface area contributed by atoms with E-state index in [0.717, 1.165) is 26.2 Å². The molecule has 0 radical (unpaired) electrons. The fourth-order valence-electron chi connectivity index (χ4n) is 5.30. The van der Waals surface area contributed by atoms with E-state index in [2.05, 4.69) is 28.2 Å². The highest BCUT2D eigenvalue weighted by molar-refractivity contribution is 6.31. The van der Waals surface area contributed by atoms with Gasteiger partial charge in [-0.3, -0.25) is 19.1 Å². The Labute approximate surface area is 249 Å². The Kier molecular flexibility index (Phi) is 9.68. The van der Waals surface area contributed by atoms with Crippen LogP contribution in [0, 0.1) is 11.3 Å². The maximum Gasteiger partial charge on any atom is 0.336 e. The van der Waals surface area contributed by atoms with E-state index in [4.69, 9.17) is 16.3 Å². The van der Waals surface area contributed by atoms with Crippen molar-refractivity contribution in [2.45, 2.75) is 32.4 Å². The van der Waals surface area contributed by atoms with Crippen molar-refractivity contribution in [2.24, 2.45) is 0 Å². The average molecular weight is 592 g/mol. The summed E-state index contributed by atoms with van der Waals surface area (Å²) in [6.07, 6.45) is 1.76. The summed E-state index contributed by atoms with van der Waals surface area (Å²) in [5.41, 5.74) is 1.93. The molecule has 42 heavy (non-hydrogen) atoms. The van der Waals surface area contributed by atoms with Gasteiger partial charge in [-0.1, -0.05) is 18.5 Å². The standard InChI is InChI=1S/C31H34ClN5O5/c1-5-27(37-18-28(42-4)26(16-29(37)38)25-14-21(32)7-6-20(25)17-33)30(39)34-22-8-9-23(31(40)41)24(15-22)19(2)36-12-10-35(3)11-13-36/h6-9,14-16,18-19,27H,5,10-13H2,1-4H3,(H,34,39)(H,40,41). The lowest BCUT2D eigenvalue weighted by Crippen LogP contribution is -2.45. The minimum atomic E-state index is -1.03. The van der Waals surface area contributed by atoms with Gasteiger partial charge in [0.25, 0.3) is 5.56 Å². The third-order valence-electron chi connectivity index (χ3n) is 7.77. The lowest BCUT2D eigenvalue weighted by Gasteiger charge is -2.37. The third-order valence-corrected chi connectivity index (χ3v) is 8.00. The molecule has 1 amide bonds. The number of aromatic carboxylic acids is 1. The van der Waals surface area contributed by atoms with Gasteiger partial charge in [-0.05, 0) is 62.4 Å². The van der Waals surface area contributed by atoms with Crippen molar-refractivity contribution in [3.63, 3.8) is 0 Å². The number of likely N-dealkylation sites (N-methyl/N-ethyl adjacent to an activating group) is 1. The van der Waals surface area contributed by atoms with E-state index in [1.54, 1.807) is 37.3 Å². The van der Waals surface area contributed by atoms with Crippen LogP contribution in [0.3, 0.4) is 0 Å². The number of nitriles is 1. The largest absolute Gasteiger partial charge is 0.495 e. The fourth-order valence-corrected chi connectivity index (χ4v) is 5.48. The van der Waals surface area contributed by atoms with E-state index in [9.17, 15) is 24.8 Å². The van der Waals surface area contributed by atoms with Crippen molar-refractivity contribution >= 4 is 29.2 Å². The number of benzene rings is 2. The van der Waals surface area contributed by atoms with E-state index < -0.39 is 23.5 Å². The quantitative estimate of drug-likeness (QED) is 0.368. The van der Waals surface area contributed by atoms with Crippen LogP contribution in [0.2, 0.25) is 5.02 Å². The monoisotopic (exact) mass is 591 g/mol. The number of aromatic nitrogens is 1. The molecule has 2 heterocycles. The minimum absolute atomic E-state index is 0.173. The Hall–Kier alpha value is -4.17. The Bertz CT molecular complexity index is 1590. The number of methoxy groups -OCH3 is 1. The zero-order chi connectivity index (χ0) is 30.6. The summed E-state index contributed by atoms with van der Waals surface area (Å²) in [4.78, 5) is 43.3. The average Bonchev–Trinajstić information content (AvgIpc) is 2.98. The number of nitrogens with zero attached hydrogens (tertiary/aromatic N) is 4. The zero-order valence-corrected chi connectivity index (χ0v) is 24.8. The number of hydrogen-bond donors (Lipinski definition) is 2. The summed E-state index contributed by atoms with van der Waals surface area (Å²) < 4.78 is 6.86. The molecule has 2 atom stereocenters. The molecule has 0 aliphatic carbocycles. The predicted molar refractivity (Wildman–Crippen MR) is 161 cm³/mol. The molecule has 1 aliphatic heterocycles. The van der Waals surface area contributed by atoms with Crippen LogP contribution in [-0.2, 0) is 4.79 Å². The highest BCUT2D eigenvalue weighted by atomic mass is 35.5. The van der Waals surface area contributed by atoms with E-state index in [1.807, 2.05) is 6.92 Å². The summed E-state index contributed by atoms with van der Waals surface area (Å²) >= 11 is 6.17. The number of halogens is 1. The number of amides is 1. The van der Waals surface area contributed by atoms with Crippen molar-refractivity contribution < 1.29 is 19.4 Å². The first-order valence-corrected chi connectivity index (χ1v) is 14.1. The first-order valence-electron chi connectivity index (χ1n) is 13.7. The molecule has 1 saturated heterocycles. The molecule has 2 unspecified atom stereocenters. The molecule has 2 N–H and O–H groups in total. The normalized spacial score (nSPS) is 15.4. The van der Waals surface area contributed by atoms with E-state index >= 15 is 0 Å². The minimum Gasteiger partial charge on any atom is -0.495 e. The number of ether oxygens (including phenoxy) is 1. The molecule has 0 saturated carbocycles. The number of piperazine rings is 1. The molecule has 1 aromatic heterocycles. The topological polar surface area (TPSA) is 128 Å². The predicted octanol–water partition coefficient (Wildman–Crippen LogP) is 4.65. The smallest absolute Gasteiger partial charge is 0.336 e. The van der Waals surface area contributed by atoms with Crippen LogP contribution in [0.5, 0.6) is 5.75 Å². The van der Waals surface area contributed by atoms with Gasteiger partial charge in [-0.15, -0.1) is 0 Å². The summed E-state index contributed by atoms with van der Waals surface area (Å²) in [6.45, 7) is 7.13. The van der Waals surface area contributed by atoms with Crippen LogP contribution < -0.4 is 15.6 Å². The number of hydrogen-bond acceptors (Lipinski definition) is 7. The van der Waals surface area contributed by atoms with Gasteiger partial charge >= 0.3 is 5.97 Å². The molecule has 220 valence electrons. The van der Waals surface area contributed by atoms with Crippen LogP contribution in [0.25, 0.3) is 11.1 Å². The Morgan fingerprint density at radius 3 is 2.45 bits per heavy atom. The van der Waals surface area contributed by atoms with E-state index in [-0.39, 0.29) is 11.6 Å². The highest BCUT2D eigenvalue weighted by Gasteiger charge is 2.26. The van der Waals surface area contributed by atoms with E-state index in [1.165, 1.54) is 30.0 Å². The number of carbonyl (C=O) groups is 2. The SMILES string of the molecule is CCC(C(=O)Nc1ccc(C(=O)O)c(C(C)N2CCN(C)CC2)c1)n1cc(OC)c(-c2cc(Cl)ccc2C#N)cc1=O. The van der Waals surface area contributed by atoms with Gasteiger partial charge in [0.2, 0.25) is 5.91 Å². The van der Waals surface area contributed by atoms with Crippen molar-refractivity contribution in [1.29, 1.82) is 5.26 Å². The number of nitrogens with one attached hydrogen (secondary N) is 1. The molecule has 0 bridgehead atoms. The first kappa shape index (κ1) is 30.8. The molecule has 1 aliphatic rings. The van der Waals surface area contributed by atoms with Gasteiger partial charge in [0.1, 0.15) is 11.8 Å². The summed E-state index contributed by atoms with van der Waals surface area (Å²) in [7, 11) is 3.50. The van der Waals surface area contributed by atoms with Crippen molar-refractivity contribution in [2.75, 3.05) is 45.7 Å². The second kappa shape index (κ2) is 13.2. The summed E-state index contributed by atoms with van der Waals surface area (Å²) in [5, 5.41) is 22.7. The van der Waals surface area contributed by atoms with Crippen LogP contribution in [-0.4, -0.2) is 71.7 Å². The summed E-state index contributed by atoms with van der Waals surface area (Å²) in [5.74, 6) is -1.17. The Balaban J connectivity index is 1.65. The van der Waals surface area contributed by atoms with Crippen molar-refractivity contribution in [1.82, 2.24) is 14.4 Å². The Morgan fingerprint density at radius 1 is 1.12 bits per heavy atom. The van der Waals surface area contributed by atoms with Crippen LogP contribution in [0.1, 0.15) is 53.8 Å². The number of carboxylic acids is 1. The molecule has 2 aromatic carbocycles. The van der Waals surface area contributed by atoms with Crippen LogP contribution >= 0.6 is 11.6 Å². The van der Waals surface area contributed by atoms with Gasteiger partial charge in [-0.2, -0.15) is 5.26 Å². The number of rotatable bonds is 9. The lowest BCUT2D eigenvalue weighted by molar-refractivity contribution is -0.119. The van der Waals surface area contributed by atoms with Crippen molar-refractivity contribution in [3.8, 4) is 22.9 Å². The van der Waals surface area contributed by atoms with Gasteiger partial charge in [0.15, 0.2) is 0 Å².